The molecule has 1 heterocycles. The molecule has 2 amide bonds. The summed E-state index contributed by atoms with van der Waals surface area (Å²) in [7, 11) is 1.69. The quantitative estimate of drug-likeness (QED) is 0.842. The van der Waals surface area contributed by atoms with Gasteiger partial charge in [-0.15, -0.1) is 0 Å². The zero-order valence-electron chi connectivity index (χ0n) is 9.85. The van der Waals surface area contributed by atoms with Gasteiger partial charge in [0, 0.05) is 19.2 Å². The van der Waals surface area contributed by atoms with E-state index in [0.717, 1.165) is 18.5 Å². The Hall–Kier alpha value is -1.84. The van der Waals surface area contributed by atoms with Crippen molar-refractivity contribution in [3.8, 4) is 0 Å². The third-order valence-corrected chi connectivity index (χ3v) is 3.07. The van der Waals surface area contributed by atoms with E-state index < -0.39 is 0 Å². The van der Waals surface area contributed by atoms with E-state index in [2.05, 4.69) is 5.32 Å². The highest BCUT2D eigenvalue weighted by Gasteiger charge is 2.30. The molecule has 1 aromatic rings. The number of benzene rings is 1. The number of likely N-dealkylation sites (N-methyl/N-ethyl adjacent to an activating group) is 1. The van der Waals surface area contributed by atoms with Crippen LogP contribution < -0.4 is 5.32 Å². The summed E-state index contributed by atoms with van der Waals surface area (Å²) in [5.74, 6) is -0.0591. The Morgan fingerprint density at radius 3 is 2.76 bits per heavy atom. The minimum atomic E-state index is -0.337. The Kier molecular flexibility index (Phi) is 3.42. The summed E-state index contributed by atoms with van der Waals surface area (Å²) in [6.45, 7) is 0. The zero-order valence-corrected chi connectivity index (χ0v) is 9.85. The predicted molar refractivity (Wildman–Crippen MR) is 65.5 cm³/mol. The molecule has 0 saturated carbocycles. The van der Waals surface area contributed by atoms with E-state index in [1.807, 2.05) is 30.3 Å². The molecule has 4 nitrogen and oxygen atoms in total. The second-order valence-corrected chi connectivity index (χ2v) is 4.27. The van der Waals surface area contributed by atoms with Crippen LogP contribution in [-0.2, 0) is 9.59 Å². The molecule has 90 valence electrons. The van der Waals surface area contributed by atoms with Gasteiger partial charge in [-0.3, -0.25) is 9.59 Å². The van der Waals surface area contributed by atoms with Gasteiger partial charge in [-0.2, -0.15) is 0 Å². The fraction of sp³-hybridized carbons (Fsp3) is 0.385. The highest BCUT2D eigenvalue weighted by atomic mass is 16.2. The molecule has 0 spiro atoms. The van der Waals surface area contributed by atoms with Crippen LogP contribution in [0.5, 0.6) is 0 Å². The van der Waals surface area contributed by atoms with Gasteiger partial charge in [-0.25, -0.2) is 0 Å². The molecule has 1 atom stereocenters. The maximum Gasteiger partial charge on any atom is 0.247 e. The van der Waals surface area contributed by atoms with E-state index in [1.165, 1.54) is 0 Å². The lowest BCUT2D eigenvalue weighted by atomic mass is 10.0. The highest BCUT2D eigenvalue weighted by Crippen LogP contribution is 2.18. The number of nitrogens with one attached hydrogen (secondary N) is 1. The van der Waals surface area contributed by atoms with Crippen LogP contribution in [-0.4, -0.2) is 29.8 Å². The number of para-hydroxylation sites is 1. The monoisotopic (exact) mass is 232 g/mol. The van der Waals surface area contributed by atoms with E-state index >= 15 is 0 Å². The minimum absolute atomic E-state index is 0.0458. The summed E-state index contributed by atoms with van der Waals surface area (Å²) in [5.41, 5.74) is 0.768. The number of hydrogen-bond acceptors (Lipinski definition) is 2. The van der Waals surface area contributed by atoms with Crippen LogP contribution in [0.4, 0.5) is 5.69 Å². The Balaban J connectivity index is 2.02. The molecule has 1 aliphatic heterocycles. The number of amides is 2. The summed E-state index contributed by atoms with van der Waals surface area (Å²) in [4.78, 5) is 25.1. The first kappa shape index (κ1) is 11.6. The fourth-order valence-electron chi connectivity index (χ4n) is 2.04. The average Bonchev–Trinajstić information content (AvgIpc) is 2.34. The van der Waals surface area contributed by atoms with Crippen molar-refractivity contribution in [3.63, 3.8) is 0 Å². The molecular formula is C13H16N2O2. The number of piperidine rings is 1. The number of anilines is 1. The molecule has 0 aromatic heterocycles. The van der Waals surface area contributed by atoms with Gasteiger partial charge in [-0.05, 0) is 25.0 Å². The van der Waals surface area contributed by atoms with Crippen molar-refractivity contribution < 1.29 is 9.59 Å². The van der Waals surface area contributed by atoms with Crippen molar-refractivity contribution in [2.45, 2.75) is 25.3 Å². The molecular weight excluding hydrogens is 216 g/mol. The number of rotatable bonds is 2. The summed E-state index contributed by atoms with van der Waals surface area (Å²) < 4.78 is 0. The molecule has 1 aromatic carbocycles. The summed E-state index contributed by atoms with van der Waals surface area (Å²) in [6, 6.07) is 8.96. The van der Waals surface area contributed by atoms with E-state index in [9.17, 15) is 9.59 Å². The van der Waals surface area contributed by atoms with Crippen molar-refractivity contribution in [1.29, 1.82) is 0 Å². The standard InChI is InChI=1S/C13H16N2O2/c1-15-11(8-5-9-12(15)16)13(17)14-10-6-3-2-4-7-10/h2-4,6-7,11H,5,8-9H2,1H3,(H,14,17). The molecule has 0 bridgehead atoms. The molecule has 1 saturated heterocycles. The van der Waals surface area contributed by atoms with Crippen LogP contribution in [0.25, 0.3) is 0 Å². The van der Waals surface area contributed by atoms with Gasteiger partial charge in [0.2, 0.25) is 11.8 Å². The first-order valence-corrected chi connectivity index (χ1v) is 5.80. The van der Waals surface area contributed by atoms with E-state index in [0.29, 0.717) is 6.42 Å². The zero-order chi connectivity index (χ0) is 12.3. The van der Waals surface area contributed by atoms with Gasteiger partial charge in [0.25, 0.3) is 0 Å². The Morgan fingerprint density at radius 2 is 2.06 bits per heavy atom. The summed E-state index contributed by atoms with van der Waals surface area (Å²) in [5, 5.41) is 2.83. The fourth-order valence-corrected chi connectivity index (χ4v) is 2.04. The normalized spacial score (nSPS) is 20.2. The smallest absolute Gasteiger partial charge is 0.247 e. The predicted octanol–water partition coefficient (Wildman–Crippen LogP) is 1.64. The second kappa shape index (κ2) is 4.99. The second-order valence-electron chi connectivity index (χ2n) is 4.27. The lowest BCUT2D eigenvalue weighted by molar-refractivity contribution is -0.140. The van der Waals surface area contributed by atoms with Crippen LogP contribution in [0.1, 0.15) is 19.3 Å². The molecule has 0 radical (unpaired) electrons. The van der Waals surface area contributed by atoms with Gasteiger partial charge in [0.15, 0.2) is 0 Å². The topological polar surface area (TPSA) is 49.4 Å². The molecule has 1 aliphatic rings. The lowest BCUT2D eigenvalue weighted by Gasteiger charge is -2.31. The highest BCUT2D eigenvalue weighted by molar-refractivity contribution is 5.97. The van der Waals surface area contributed by atoms with Gasteiger partial charge in [0.1, 0.15) is 6.04 Å². The molecule has 0 aliphatic carbocycles. The Morgan fingerprint density at radius 1 is 1.35 bits per heavy atom. The van der Waals surface area contributed by atoms with E-state index in [1.54, 1.807) is 11.9 Å². The SMILES string of the molecule is CN1C(=O)CCCC1C(=O)Nc1ccccc1. The van der Waals surface area contributed by atoms with Crippen molar-refractivity contribution in [3.05, 3.63) is 30.3 Å². The van der Waals surface area contributed by atoms with Gasteiger partial charge in [0.05, 0.1) is 0 Å². The summed E-state index contributed by atoms with van der Waals surface area (Å²) >= 11 is 0. The number of likely N-dealkylation sites (tertiary alicyclic amines) is 1. The minimum Gasteiger partial charge on any atom is -0.334 e. The number of carbonyl (C=O) groups is 2. The lowest BCUT2D eigenvalue weighted by Crippen LogP contribution is -2.47. The van der Waals surface area contributed by atoms with Crippen LogP contribution in [0, 0.1) is 0 Å². The molecule has 4 heteroatoms. The number of carbonyl (C=O) groups excluding carboxylic acids is 2. The average molecular weight is 232 g/mol. The number of hydrogen-bond donors (Lipinski definition) is 1. The molecule has 1 N–H and O–H groups in total. The number of nitrogens with zero attached hydrogens (tertiary/aromatic N) is 1. The molecule has 2 rings (SSSR count). The van der Waals surface area contributed by atoms with Crippen LogP contribution >= 0.6 is 0 Å². The maximum absolute atomic E-state index is 12.0. The Bertz CT molecular complexity index is 417. The summed E-state index contributed by atoms with van der Waals surface area (Å²) in [6.07, 6.45) is 2.07. The van der Waals surface area contributed by atoms with Crippen molar-refractivity contribution >= 4 is 17.5 Å². The third kappa shape index (κ3) is 2.64. The first-order valence-electron chi connectivity index (χ1n) is 5.80. The van der Waals surface area contributed by atoms with Crippen molar-refractivity contribution in [1.82, 2.24) is 4.90 Å². The maximum atomic E-state index is 12.0. The van der Waals surface area contributed by atoms with Gasteiger partial charge in [-0.1, -0.05) is 18.2 Å². The van der Waals surface area contributed by atoms with Crippen LogP contribution in [0.3, 0.4) is 0 Å². The third-order valence-electron chi connectivity index (χ3n) is 3.07. The first-order chi connectivity index (χ1) is 8.18. The van der Waals surface area contributed by atoms with E-state index in [4.69, 9.17) is 0 Å². The van der Waals surface area contributed by atoms with E-state index in [-0.39, 0.29) is 17.9 Å². The Labute approximate surface area is 101 Å². The molecule has 1 unspecified atom stereocenters. The largest absolute Gasteiger partial charge is 0.334 e. The van der Waals surface area contributed by atoms with Crippen LogP contribution in [0.15, 0.2) is 30.3 Å². The van der Waals surface area contributed by atoms with Crippen molar-refractivity contribution in [2.24, 2.45) is 0 Å². The molecule has 17 heavy (non-hydrogen) atoms. The van der Waals surface area contributed by atoms with Gasteiger partial charge >= 0.3 is 0 Å². The van der Waals surface area contributed by atoms with Crippen LogP contribution in [0.2, 0.25) is 0 Å². The van der Waals surface area contributed by atoms with Gasteiger partial charge < -0.3 is 10.2 Å². The van der Waals surface area contributed by atoms with Crippen molar-refractivity contribution in [2.75, 3.05) is 12.4 Å². The molecule has 1 fully saturated rings.